The van der Waals surface area contributed by atoms with Gasteiger partial charge < -0.3 is 10.2 Å². The number of carbonyl (C=O) groups is 1. The van der Waals surface area contributed by atoms with Crippen molar-refractivity contribution in [2.75, 3.05) is 32.7 Å². The number of carbonyl (C=O) groups excluding carboxylic acids is 1. The summed E-state index contributed by atoms with van der Waals surface area (Å²) in [6.07, 6.45) is 5.07. The lowest BCUT2D eigenvalue weighted by Gasteiger charge is -2.27. The number of aromatic nitrogens is 2. The number of aryl methyl sites for hydroxylation is 1. The molecule has 162 valence electrons. The molecule has 1 amide bonds. The van der Waals surface area contributed by atoms with E-state index in [0.29, 0.717) is 19.1 Å². The third kappa shape index (κ3) is 5.10. The lowest BCUT2D eigenvalue weighted by atomic mass is 10.2. The van der Waals surface area contributed by atoms with Crippen LogP contribution in [-0.4, -0.2) is 64.3 Å². The molecule has 2 aromatic rings. The number of amides is 1. The van der Waals surface area contributed by atoms with E-state index in [0.717, 1.165) is 36.6 Å². The highest BCUT2D eigenvalue weighted by atomic mass is 16.2. The number of nitrogens with zero attached hydrogens (tertiary/aromatic N) is 4. The second-order valence-corrected chi connectivity index (χ2v) is 8.84. The standard InChI is InChI=1S/C24H35N5O/c1-19-23(20(2)29(26-19)16-21-9-4-3-5-10-21)15-25-24(30)18-28-14-8-11-22(28)17-27-12-6-7-13-27/h3-5,9-10,22H,6-8,11-18H2,1-2H3,(H,25,30). The minimum atomic E-state index is 0.123. The number of hydrogen-bond donors (Lipinski definition) is 1. The van der Waals surface area contributed by atoms with E-state index in [-0.39, 0.29) is 5.91 Å². The monoisotopic (exact) mass is 409 g/mol. The molecule has 6 heteroatoms. The highest BCUT2D eigenvalue weighted by Gasteiger charge is 2.28. The van der Waals surface area contributed by atoms with Crippen LogP contribution >= 0.6 is 0 Å². The molecule has 2 aliphatic rings. The number of rotatable bonds is 8. The fourth-order valence-corrected chi connectivity index (χ4v) is 4.90. The fourth-order valence-electron chi connectivity index (χ4n) is 4.90. The van der Waals surface area contributed by atoms with Gasteiger partial charge in [-0.05, 0) is 64.7 Å². The van der Waals surface area contributed by atoms with E-state index < -0.39 is 0 Å². The Balaban J connectivity index is 1.30. The number of nitrogens with one attached hydrogen (secondary N) is 1. The SMILES string of the molecule is Cc1nn(Cc2ccccc2)c(C)c1CNC(=O)CN1CCCC1CN1CCCC1. The lowest BCUT2D eigenvalue weighted by molar-refractivity contribution is -0.122. The number of hydrogen-bond acceptors (Lipinski definition) is 4. The average Bonchev–Trinajstić information content (AvgIpc) is 3.46. The molecule has 1 aromatic carbocycles. The summed E-state index contributed by atoms with van der Waals surface area (Å²) in [5, 5.41) is 7.86. The van der Waals surface area contributed by atoms with Crippen molar-refractivity contribution in [2.45, 2.75) is 58.7 Å². The van der Waals surface area contributed by atoms with Crippen molar-refractivity contribution in [2.24, 2.45) is 0 Å². The van der Waals surface area contributed by atoms with Crippen molar-refractivity contribution in [3.05, 3.63) is 52.8 Å². The Morgan fingerprint density at radius 2 is 1.87 bits per heavy atom. The summed E-state index contributed by atoms with van der Waals surface area (Å²) in [6, 6.07) is 10.9. The van der Waals surface area contributed by atoms with Gasteiger partial charge in [0.25, 0.3) is 0 Å². The van der Waals surface area contributed by atoms with E-state index in [1.807, 2.05) is 17.7 Å². The topological polar surface area (TPSA) is 53.4 Å². The minimum absolute atomic E-state index is 0.123. The van der Waals surface area contributed by atoms with Crippen molar-refractivity contribution >= 4 is 5.91 Å². The second-order valence-electron chi connectivity index (χ2n) is 8.84. The van der Waals surface area contributed by atoms with E-state index in [2.05, 4.69) is 46.3 Å². The van der Waals surface area contributed by atoms with Gasteiger partial charge in [-0.15, -0.1) is 0 Å². The molecule has 0 bridgehead atoms. The largest absolute Gasteiger partial charge is 0.351 e. The molecule has 1 N–H and O–H groups in total. The molecule has 1 atom stereocenters. The molecule has 0 saturated carbocycles. The zero-order valence-electron chi connectivity index (χ0n) is 18.4. The van der Waals surface area contributed by atoms with Crippen molar-refractivity contribution in [3.63, 3.8) is 0 Å². The predicted molar refractivity (Wildman–Crippen MR) is 119 cm³/mol. The van der Waals surface area contributed by atoms with Crippen molar-refractivity contribution in [1.82, 2.24) is 24.9 Å². The van der Waals surface area contributed by atoms with Crippen molar-refractivity contribution in [1.29, 1.82) is 0 Å². The van der Waals surface area contributed by atoms with Gasteiger partial charge >= 0.3 is 0 Å². The van der Waals surface area contributed by atoms with Crippen LogP contribution < -0.4 is 5.32 Å². The first-order chi connectivity index (χ1) is 14.6. The van der Waals surface area contributed by atoms with Crippen molar-refractivity contribution < 1.29 is 4.79 Å². The molecule has 2 aliphatic heterocycles. The zero-order valence-corrected chi connectivity index (χ0v) is 18.4. The van der Waals surface area contributed by atoms with Gasteiger partial charge in [-0.3, -0.25) is 14.4 Å². The van der Waals surface area contributed by atoms with E-state index >= 15 is 0 Å². The van der Waals surface area contributed by atoms with Crippen molar-refractivity contribution in [3.8, 4) is 0 Å². The molecule has 0 radical (unpaired) electrons. The smallest absolute Gasteiger partial charge is 0.234 e. The highest BCUT2D eigenvalue weighted by molar-refractivity contribution is 5.78. The molecule has 0 spiro atoms. The third-order valence-corrected chi connectivity index (χ3v) is 6.68. The zero-order chi connectivity index (χ0) is 20.9. The first kappa shape index (κ1) is 21.1. The Bertz CT molecular complexity index is 841. The van der Waals surface area contributed by atoms with Gasteiger partial charge in [0.1, 0.15) is 0 Å². The Hall–Kier alpha value is -2.18. The molecule has 2 saturated heterocycles. The summed E-state index contributed by atoms with van der Waals surface area (Å²) in [4.78, 5) is 17.6. The molecule has 0 aliphatic carbocycles. The summed E-state index contributed by atoms with van der Waals surface area (Å²) in [6.45, 7) is 10.6. The van der Waals surface area contributed by atoms with Gasteiger partial charge in [-0.2, -0.15) is 5.10 Å². The maximum absolute atomic E-state index is 12.7. The molecule has 1 aromatic heterocycles. The van der Waals surface area contributed by atoms with Crippen LogP contribution in [0, 0.1) is 13.8 Å². The Morgan fingerprint density at radius 1 is 1.10 bits per heavy atom. The molecule has 3 heterocycles. The van der Waals surface area contributed by atoms with Crippen LogP contribution in [0.2, 0.25) is 0 Å². The van der Waals surface area contributed by atoms with E-state index in [4.69, 9.17) is 5.10 Å². The normalized spacial score (nSPS) is 20.1. The fraction of sp³-hybridized carbons (Fsp3) is 0.583. The molecule has 6 nitrogen and oxygen atoms in total. The van der Waals surface area contributed by atoms with Gasteiger partial charge in [0.2, 0.25) is 5.91 Å². The van der Waals surface area contributed by atoms with E-state index in [9.17, 15) is 4.79 Å². The first-order valence-electron chi connectivity index (χ1n) is 11.4. The quantitative estimate of drug-likeness (QED) is 0.728. The van der Waals surface area contributed by atoms with Crippen LogP contribution in [0.15, 0.2) is 30.3 Å². The van der Waals surface area contributed by atoms with Crippen LogP contribution in [0.25, 0.3) is 0 Å². The average molecular weight is 410 g/mol. The number of likely N-dealkylation sites (tertiary alicyclic amines) is 2. The van der Waals surface area contributed by atoms with Crippen LogP contribution in [0.3, 0.4) is 0 Å². The van der Waals surface area contributed by atoms with Gasteiger partial charge in [0, 0.05) is 30.4 Å². The van der Waals surface area contributed by atoms with Gasteiger partial charge in [-0.25, -0.2) is 0 Å². The minimum Gasteiger partial charge on any atom is -0.351 e. The van der Waals surface area contributed by atoms with Crippen LogP contribution in [-0.2, 0) is 17.9 Å². The van der Waals surface area contributed by atoms with Gasteiger partial charge in [0.05, 0.1) is 18.8 Å². The van der Waals surface area contributed by atoms with Crippen LogP contribution in [0.1, 0.15) is 48.2 Å². The Morgan fingerprint density at radius 3 is 2.63 bits per heavy atom. The maximum atomic E-state index is 12.7. The van der Waals surface area contributed by atoms with Crippen LogP contribution in [0.4, 0.5) is 0 Å². The molecule has 4 rings (SSSR count). The number of benzene rings is 1. The maximum Gasteiger partial charge on any atom is 0.234 e. The molecule has 30 heavy (non-hydrogen) atoms. The summed E-state index contributed by atoms with van der Waals surface area (Å²) < 4.78 is 2.04. The van der Waals surface area contributed by atoms with E-state index in [1.165, 1.54) is 44.3 Å². The molecule has 1 unspecified atom stereocenters. The first-order valence-corrected chi connectivity index (χ1v) is 11.4. The highest BCUT2D eigenvalue weighted by Crippen LogP contribution is 2.20. The summed E-state index contributed by atoms with van der Waals surface area (Å²) in [5.74, 6) is 0.123. The Labute approximate surface area is 180 Å². The summed E-state index contributed by atoms with van der Waals surface area (Å²) in [7, 11) is 0. The molecule has 2 fully saturated rings. The van der Waals surface area contributed by atoms with E-state index in [1.54, 1.807) is 0 Å². The second kappa shape index (κ2) is 9.75. The summed E-state index contributed by atoms with van der Waals surface area (Å²) in [5.41, 5.74) is 4.49. The third-order valence-electron chi connectivity index (χ3n) is 6.68. The van der Waals surface area contributed by atoms with Gasteiger partial charge in [-0.1, -0.05) is 30.3 Å². The predicted octanol–water partition coefficient (Wildman–Crippen LogP) is 2.72. The Kier molecular flexibility index (Phi) is 6.85. The van der Waals surface area contributed by atoms with Crippen LogP contribution in [0.5, 0.6) is 0 Å². The molecular formula is C24H35N5O. The summed E-state index contributed by atoms with van der Waals surface area (Å²) >= 11 is 0. The lowest BCUT2D eigenvalue weighted by Crippen LogP contribution is -2.44. The molecular weight excluding hydrogens is 374 g/mol. The van der Waals surface area contributed by atoms with Gasteiger partial charge in [0.15, 0.2) is 0 Å².